The maximum absolute atomic E-state index is 12.3. The van der Waals surface area contributed by atoms with Crippen LogP contribution in [-0.4, -0.2) is 58.0 Å². The van der Waals surface area contributed by atoms with E-state index in [-0.39, 0.29) is 5.91 Å². The molecule has 0 aromatic carbocycles. The van der Waals surface area contributed by atoms with E-state index in [0.29, 0.717) is 11.6 Å². The second kappa shape index (κ2) is 16.3. The standard InChI is InChI=1S/C40H69N3O/c1-30(2)40(44)41-33-22-28-39(29-23-33)43(36-16-10-5-11-17-36)38-26-20-32(21-27-38)31-18-24-37(25-19-31)42(34-12-6-3-7-13-34)35-14-8-4-9-15-35/h31-39H,1,3-29H2,2H3,(H,41,44). The Labute approximate surface area is 271 Å². The van der Waals surface area contributed by atoms with Crippen LogP contribution in [0.15, 0.2) is 12.2 Å². The van der Waals surface area contributed by atoms with Gasteiger partial charge in [0.1, 0.15) is 0 Å². The van der Waals surface area contributed by atoms with Gasteiger partial charge < -0.3 is 5.32 Å². The molecule has 1 N–H and O–H groups in total. The monoisotopic (exact) mass is 608 g/mol. The van der Waals surface area contributed by atoms with Crippen molar-refractivity contribution >= 4 is 5.91 Å². The topological polar surface area (TPSA) is 35.6 Å². The summed E-state index contributed by atoms with van der Waals surface area (Å²) in [4.78, 5) is 18.5. The van der Waals surface area contributed by atoms with Gasteiger partial charge in [0.15, 0.2) is 0 Å². The van der Waals surface area contributed by atoms with E-state index in [4.69, 9.17) is 0 Å². The van der Waals surface area contributed by atoms with Crippen molar-refractivity contribution in [2.75, 3.05) is 0 Å². The van der Waals surface area contributed by atoms with E-state index in [9.17, 15) is 4.79 Å². The highest BCUT2D eigenvalue weighted by Crippen LogP contribution is 2.44. The molecule has 0 atom stereocenters. The summed E-state index contributed by atoms with van der Waals surface area (Å²) in [6.45, 7) is 5.68. The first-order valence-corrected chi connectivity index (χ1v) is 20.1. The van der Waals surface area contributed by atoms with Crippen LogP contribution in [0, 0.1) is 11.8 Å². The summed E-state index contributed by atoms with van der Waals surface area (Å²) < 4.78 is 0. The van der Waals surface area contributed by atoms with E-state index in [1.165, 1.54) is 161 Å². The largest absolute Gasteiger partial charge is 0.350 e. The van der Waals surface area contributed by atoms with Gasteiger partial charge >= 0.3 is 0 Å². The molecule has 0 aliphatic heterocycles. The molecule has 0 saturated heterocycles. The highest BCUT2D eigenvalue weighted by atomic mass is 16.1. The maximum atomic E-state index is 12.3. The van der Waals surface area contributed by atoms with Crippen LogP contribution in [0.5, 0.6) is 0 Å². The zero-order valence-corrected chi connectivity index (χ0v) is 28.8. The summed E-state index contributed by atoms with van der Waals surface area (Å²) in [5.41, 5.74) is 0.645. The summed E-state index contributed by atoms with van der Waals surface area (Å²) in [5.74, 6) is 2.05. The van der Waals surface area contributed by atoms with Crippen molar-refractivity contribution in [1.29, 1.82) is 0 Å². The number of carbonyl (C=O) groups is 1. The van der Waals surface area contributed by atoms with Crippen molar-refractivity contribution in [2.24, 2.45) is 11.8 Å². The van der Waals surface area contributed by atoms with Gasteiger partial charge in [-0.05, 0) is 134 Å². The lowest BCUT2D eigenvalue weighted by Crippen LogP contribution is -2.54. The third-order valence-electron chi connectivity index (χ3n) is 13.8. The molecule has 0 heterocycles. The van der Waals surface area contributed by atoms with Gasteiger partial charge in [-0.1, -0.05) is 64.4 Å². The molecule has 6 saturated carbocycles. The summed E-state index contributed by atoms with van der Waals surface area (Å²) in [5, 5.41) is 3.27. The van der Waals surface area contributed by atoms with Gasteiger partial charge in [0.2, 0.25) is 5.91 Å². The van der Waals surface area contributed by atoms with Crippen molar-refractivity contribution in [3.05, 3.63) is 12.2 Å². The Balaban J connectivity index is 1.01. The number of carbonyl (C=O) groups excluding carboxylic acids is 1. The zero-order chi connectivity index (χ0) is 30.3. The highest BCUT2D eigenvalue weighted by molar-refractivity contribution is 5.92. The van der Waals surface area contributed by atoms with Crippen LogP contribution in [0.3, 0.4) is 0 Å². The molecule has 0 unspecified atom stereocenters. The quantitative estimate of drug-likeness (QED) is 0.265. The minimum atomic E-state index is 0.0561. The van der Waals surface area contributed by atoms with Gasteiger partial charge in [0, 0.05) is 47.9 Å². The average molecular weight is 608 g/mol. The molecule has 6 aliphatic rings. The van der Waals surface area contributed by atoms with Crippen LogP contribution in [0.25, 0.3) is 0 Å². The smallest absolute Gasteiger partial charge is 0.246 e. The maximum Gasteiger partial charge on any atom is 0.246 e. The van der Waals surface area contributed by atoms with Gasteiger partial charge in [-0.25, -0.2) is 0 Å². The lowest BCUT2D eigenvalue weighted by Gasteiger charge is -2.51. The lowest BCUT2D eigenvalue weighted by atomic mass is 9.70. The Morgan fingerprint density at radius 3 is 1.07 bits per heavy atom. The van der Waals surface area contributed by atoms with Crippen LogP contribution in [-0.2, 0) is 4.79 Å². The first-order valence-electron chi connectivity index (χ1n) is 20.1. The number of nitrogens with zero attached hydrogens (tertiary/aromatic N) is 2. The second-order valence-electron chi connectivity index (χ2n) is 16.7. The van der Waals surface area contributed by atoms with Gasteiger partial charge in [-0.2, -0.15) is 0 Å². The molecule has 0 bridgehead atoms. The van der Waals surface area contributed by atoms with E-state index in [1.54, 1.807) is 0 Å². The Hall–Kier alpha value is -0.870. The number of hydrogen-bond acceptors (Lipinski definition) is 3. The molecule has 0 aromatic rings. The van der Waals surface area contributed by atoms with Crippen molar-refractivity contribution < 1.29 is 4.79 Å². The Morgan fingerprint density at radius 2 is 0.750 bits per heavy atom. The fourth-order valence-electron chi connectivity index (χ4n) is 11.5. The predicted octanol–water partition coefficient (Wildman–Crippen LogP) is 9.71. The molecule has 0 aromatic heterocycles. The molecular formula is C40H69N3O. The predicted molar refractivity (Wildman–Crippen MR) is 185 cm³/mol. The highest BCUT2D eigenvalue weighted by Gasteiger charge is 2.41. The molecule has 0 radical (unpaired) electrons. The van der Waals surface area contributed by atoms with Gasteiger partial charge in [0.25, 0.3) is 0 Å². The Kier molecular flexibility index (Phi) is 12.2. The van der Waals surface area contributed by atoms with Crippen LogP contribution in [0.2, 0.25) is 0 Å². The molecule has 6 aliphatic carbocycles. The number of nitrogens with one attached hydrogen (secondary N) is 1. The molecule has 4 nitrogen and oxygen atoms in total. The van der Waals surface area contributed by atoms with Gasteiger partial charge in [-0.3, -0.25) is 14.6 Å². The molecular weight excluding hydrogens is 538 g/mol. The lowest BCUT2D eigenvalue weighted by molar-refractivity contribution is -0.118. The van der Waals surface area contributed by atoms with Crippen LogP contribution < -0.4 is 5.32 Å². The summed E-state index contributed by atoms with van der Waals surface area (Å²) >= 11 is 0. The third kappa shape index (κ3) is 8.34. The third-order valence-corrected chi connectivity index (χ3v) is 13.8. The minimum Gasteiger partial charge on any atom is -0.350 e. The van der Waals surface area contributed by atoms with Crippen molar-refractivity contribution in [3.8, 4) is 0 Å². The van der Waals surface area contributed by atoms with Crippen molar-refractivity contribution in [1.82, 2.24) is 15.1 Å². The molecule has 6 fully saturated rings. The molecule has 44 heavy (non-hydrogen) atoms. The van der Waals surface area contributed by atoms with Crippen molar-refractivity contribution in [3.63, 3.8) is 0 Å². The Morgan fingerprint density at radius 1 is 0.455 bits per heavy atom. The average Bonchev–Trinajstić information content (AvgIpc) is 3.08. The van der Waals surface area contributed by atoms with Gasteiger partial charge in [-0.15, -0.1) is 0 Å². The van der Waals surface area contributed by atoms with Crippen LogP contribution in [0.1, 0.15) is 180 Å². The number of amides is 1. The fraction of sp³-hybridized carbons (Fsp3) is 0.925. The van der Waals surface area contributed by atoms with E-state index in [0.717, 1.165) is 60.9 Å². The molecule has 4 heteroatoms. The number of hydrogen-bond donors (Lipinski definition) is 1. The minimum absolute atomic E-state index is 0.0561. The van der Waals surface area contributed by atoms with E-state index < -0.39 is 0 Å². The van der Waals surface area contributed by atoms with E-state index in [1.807, 2.05) is 6.92 Å². The fourth-order valence-corrected chi connectivity index (χ4v) is 11.5. The first-order chi connectivity index (χ1) is 21.6. The summed E-state index contributed by atoms with van der Waals surface area (Å²) in [6.07, 6.45) is 38.7. The van der Waals surface area contributed by atoms with Gasteiger partial charge in [0.05, 0.1) is 0 Å². The number of rotatable bonds is 9. The van der Waals surface area contributed by atoms with Crippen molar-refractivity contribution in [2.45, 2.75) is 223 Å². The van der Waals surface area contributed by atoms with Crippen LogP contribution in [0.4, 0.5) is 0 Å². The molecule has 250 valence electrons. The molecule has 1 amide bonds. The zero-order valence-electron chi connectivity index (χ0n) is 28.8. The second-order valence-corrected chi connectivity index (χ2v) is 16.7. The van der Waals surface area contributed by atoms with E-state index >= 15 is 0 Å². The molecule has 6 rings (SSSR count). The normalized spacial score (nSPS) is 35.5. The summed E-state index contributed by atoms with van der Waals surface area (Å²) in [6, 6.07) is 5.42. The SMILES string of the molecule is C=C(C)C(=O)NC1CCC(N(C2CCCCC2)C2CCC(C3CCC(N(C4CCCCC4)C4CCCCC4)CC3)CC2)CC1. The van der Waals surface area contributed by atoms with E-state index in [2.05, 4.69) is 21.7 Å². The Bertz CT molecular complexity index is 858. The summed E-state index contributed by atoms with van der Waals surface area (Å²) in [7, 11) is 0. The first kappa shape index (κ1) is 33.0. The molecule has 0 spiro atoms. The van der Waals surface area contributed by atoms with Crippen LogP contribution >= 0.6 is 0 Å².